The monoisotopic (exact) mass is 380 g/mol. The van der Waals surface area contributed by atoms with Crippen LogP contribution in [0.2, 0.25) is 0 Å². The number of aliphatic hydroxyl groups is 1. The highest BCUT2D eigenvalue weighted by Crippen LogP contribution is 2.40. The summed E-state index contributed by atoms with van der Waals surface area (Å²) in [4.78, 5) is 18.9. The number of hydrogen-bond donors (Lipinski definition) is 3. The first-order valence-electron chi connectivity index (χ1n) is 8.03. The van der Waals surface area contributed by atoms with Gasteiger partial charge in [-0.3, -0.25) is 4.79 Å². The predicted octanol–water partition coefficient (Wildman–Crippen LogP) is 3.24. The number of nitrogens with two attached hydrogens (primary N) is 2. The molecule has 3 aromatic rings. The van der Waals surface area contributed by atoms with Crippen LogP contribution in [0, 0.1) is 18.2 Å². The Morgan fingerprint density at radius 3 is 2.29 bits per heavy atom. The molecule has 0 atom stereocenters. The fourth-order valence-electron chi connectivity index (χ4n) is 2.93. The van der Waals surface area contributed by atoms with Crippen LogP contribution in [0.15, 0.2) is 47.5 Å². The zero-order chi connectivity index (χ0) is 20.4. The molecule has 0 aliphatic heterocycles. The van der Waals surface area contributed by atoms with E-state index in [2.05, 4.69) is 9.84 Å². The number of aliphatic imine (C=N–C) groups is 1. The molecule has 5 N–H and O–H groups in total. The maximum atomic E-state index is 14.7. The number of amides is 1. The van der Waals surface area contributed by atoms with Gasteiger partial charge in [0.1, 0.15) is 11.6 Å². The summed E-state index contributed by atoms with van der Waals surface area (Å²) >= 11 is 0. The van der Waals surface area contributed by atoms with Crippen molar-refractivity contribution in [1.82, 2.24) is 0 Å². The van der Waals surface area contributed by atoms with Gasteiger partial charge in [0.15, 0.2) is 11.6 Å². The molecule has 0 heterocycles. The Labute approximate surface area is 158 Å². The normalized spacial score (nSPS) is 10.5. The van der Waals surface area contributed by atoms with Crippen molar-refractivity contribution in [1.29, 1.82) is 0 Å². The van der Waals surface area contributed by atoms with Gasteiger partial charge < -0.3 is 16.6 Å². The molecule has 0 aromatic heterocycles. The molecule has 140 valence electrons. The zero-order valence-electron chi connectivity index (χ0n) is 14.4. The Kier molecular flexibility index (Phi) is 5.02. The third-order valence-corrected chi connectivity index (χ3v) is 4.13. The SMILES string of the molecule is [C-]#[N+]c1ccc2ccc(C(=O)N=C(N)N)cc2c1-c1c(F)cc(CO)cc1F. The highest BCUT2D eigenvalue weighted by molar-refractivity contribution is 6.08. The number of hydrogen-bond acceptors (Lipinski definition) is 2. The summed E-state index contributed by atoms with van der Waals surface area (Å²) < 4.78 is 29.4. The molecule has 0 aliphatic carbocycles. The summed E-state index contributed by atoms with van der Waals surface area (Å²) in [6.07, 6.45) is 0. The van der Waals surface area contributed by atoms with E-state index in [9.17, 15) is 13.6 Å². The highest BCUT2D eigenvalue weighted by Gasteiger charge is 2.20. The fraction of sp³-hybridized carbons (Fsp3) is 0.0500. The fourth-order valence-corrected chi connectivity index (χ4v) is 2.93. The molecule has 0 radical (unpaired) electrons. The van der Waals surface area contributed by atoms with Gasteiger partial charge in [-0.15, -0.1) is 0 Å². The van der Waals surface area contributed by atoms with Crippen molar-refractivity contribution >= 4 is 28.3 Å². The molecule has 0 aliphatic rings. The molecule has 0 saturated carbocycles. The van der Waals surface area contributed by atoms with Gasteiger partial charge in [0.25, 0.3) is 5.91 Å². The molecular formula is C20H14F2N4O2. The van der Waals surface area contributed by atoms with Crippen LogP contribution < -0.4 is 11.5 Å². The molecule has 0 bridgehead atoms. The van der Waals surface area contributed by atoms with Gasteiger partial charge in [0.2, 0.25) is 0 Å². The van der Waals surface area contributed by atoms with Crippen LogP contribution in [0.5, 0.6) is 0 Å². The Hall–Kier alpha value is -3.83. The van der Waals surface area contributed by atoms with Crippen LogP contribution in [-0.2, 0) is 6.61 Å². The second-order valence-corrected chi connectivity index (χ2v) is 5.94. The molecule has 3 rings (SSSR count). The number of nitrogens with zero attached hydrogens (tertiary/aromatic N) is 2. The average Bonchev–Trinajstić information content (AvgIpc) is 2.66. The summed E-state index contributed by atoms with van der Waals surface area (Å²) in [5.74, 6) is -3.00. The van der Waals surface area contributed by atoms with Gasteiger partial charge in [0.05, 0.1) is 13.2 Å². The number of halogens is 2. The molecule has 6 nitrogen and oxygen atoms in total. The smallest absolute Gasteiger partial charge is 0.280 e. The Bertz CT molecular complexity index is 1160. The highest BCUT2D eigenvalue weighted by atomic mass is 19.1. The summed E-state index contributed by atoms with van der Waals surface area (Å²) in [5.41, 5.74) is 10.2. The lowest BCUT2D eigenvalue weighted by molar-refractivity contribution is 0.100. The molecular weight excluding hydrogens is 366 g/mol. The number of guanidine groups is 1. The molecule has 0 fully saturated rings. The lowest BCUT2D eigenvalue weighted by atomic mass is 9.93. The maximum absolute atomic E-state index is 14.7. The van der Waals surface area contributed by atoms with E-state index in [4.69, 9.17) is 23.1 Å². The minimum absolute atomic E-state index is 0.00587. The van der Waals surface area contributed by atoms with Gasteiger partial charge in [-0.05, 0) is 40.6 Å². The minimum Gasteiger partial charge on any atom is -0.392 e. The van der Waals surface area contributed by atoms with E-state index in [-0.39, 0.29) is 22.4 Å². The van der Waals surface area contributed by atoms with E-state index in [1.807, 2.05) is 0 Å². The summed E-state index contributed by atoms with van der Waals surface area (Å²) in [5, 5.41) is 9.99. The molecule has 1 amide bonds. The van der Waals surface area contributed by atoms with E-state index in [0.29, 0.717) is 10.8 Å². The maximum Gasteiger partial charge on any atom is 0.280 e. The molecule has 0 saturated heterocycles. The quantitative estimate of drug-likeness (QED) is 0.368. The number of carbonyl (C=O) groups is 1. The van der Waals surface area contributed by atoms with Crippen LogP contribution in [0.25, 0.3) is 26.7 Å². The Morgan fingerprint density at radius 2 is 1.71 bits per heavy atom. The molecule has 28 heavy (non-hydrogen) atoms. The number of fused-ring (bicyclic) bond motifs is 1. The van der Waals surface area contributed by atoms with E-state index < -0.39 is 35.7 Å². The molecule has 8 heteroatoms. The van der Waals surface area contributed by atoms with Crippen molar-refractivity contribution in [3.63, 3.8) is 0 Å². The first-order chi connectivity index (χ1) is 13.3. The van der Waals surface area contributed by atoms with E-state index in [1.165, 1.54) is 18.2 Å². The Balaban J connectivity index is 2.37. The van der Waals surface area contributed by atoms with Gasteiger partial charge in [-0.2, -0.15) is 4.99 Å². The van der Waals surface area contributed by atoms with E-state index in [0.717, 1.165) is 12.1 Å². The van der Waals surface area contributed by atoms with Crippen LogP contribution >= 0.6 is 0 Å². The van der Waals surface area contributed by atoms with Crippen molar-refractivity contribution in [2.45, 2.75) is 6.61 Å². The summed E-state index contributed by atoms with van der Waals surface area (Å²) in [6.45, 7) is 6.85. The second kappa shape index (κ2) is 7.42. The molecule has 3 aromatic carbocycles. The summed E-state index contributed by atoms with van der Waals surface area (Å²) in [7, 11) is 0. The van der Waals surface area contributed by atoms with Gasteiger partial charge >= 0.3 is 0 Å². The predicted molar refractivity (Wildman–Crippen MR) is 102 cm³/mol. The largest absolute Gasteiger partial charge is 0.392 e. The van der Waals surface area contributed by atoms with Crippen molar-refractivity contribution in [3.05, 3.63) is 76.6 Å². The average molecular weight is 380 g/mol. The van der Waals surface area contributed by atoms with Crippen LogP contribution in [0.4, 0.5) is 14.5 Å². The number of carbonyl (C=O) groups excluding carboxylic acids is 1. The number of aliphatic hydroxyl groups excluding tert-OH is 1. The first-order valence-corrected chi connectivity index (χ1v) is 8.03. The summed E-state index contributed by atoms with van der Waals surface area (Å²) in [6, 6.07) is 9.48. The van der Waals surface area contributed by atoms with Gasteiger partial charge in [-0.25, -0.2) is 13.6 Å². The Morgan fingerprint density at radius 1 is 1.07 bits per heavy atom. The topological polar surface area (TPSA) is 106 Å². The van der Waals surface area contributed by atoms with Crippen molar-refractivity contribution in [2.24, 2.45) is 16.5 Å². The lowest BCUT2D eigenvalue weighted by Crippen LogP contribution is -2.24. The van der Waals surface area contributed by atoms with Crippen molar-refractivity contribution in [2.75, 3.05) is 0 Å². The van der Waals surface area contributed by atoms with Crippen molar-refractivity contribution in [3.8, 4) is 11.1 Å². The zero-order valence-corrected chi connectivity index (χ0v) is 14.4. The standard InChI is InChI=1S/C20H14F2N4O2/c1-25-16-5-4-11-2-3-12(19(28)26-20(23)24)8-13(11)17(16)18-14(21)6-10(9-27)7-15(18)22/h2-8,27H,9H2,(H4,23,24,26,28). The number of rotatable bonds is 3. The van der Waals surface area contributed by atoms with E-state index >= 15 is 0 Å². The lowest BCUT2D eigenvalue weighted by Gasteiger charge is -2.13. The van der Waals surface area contributed by atoms with Crippen LogP contribution in [0.3, 0.4) is 0 Å². The van der Waals surface area contributed by atoms with Crippen molar-refractivity contribution < 1.29 is 18.7 Å². The second-order valence-electron chi connectivity index (χ2n) is 5.94. The molecule has 0 spiro atoms. The molecule has 0 unspecified atom stereocenters. The van der Waals surface area contributed by atoms with Crippen LogP contribution in [-0.4, -0.2) is 17.0 Å². The van der Waals surface area contributed by atoms with Crippen LogP contribution in [0.1, 0.15) is 15.9 Å². The first kappa shape index (κ1) is 18.9. The van der Waals surface area contributed by atoms with E-state index in [1.54, 1.807) is 12.1 Å². The van der Waals surface area contributed by atoms with Gasteiger partial charge in [-0.1, -0.05) is 18.2 Å². The third-order valence-electron chi connectivity index (χ3n) is 4.13. The third kappa shape index (κ3) is 3.39. The van der Waals surface area contributed by atoms with Gasteiger partial charge in [0, 0.05) is 16.7 Å². The minimum atomic E-state index is -0.928. The number of benzene rings is 3.